The molecule has 2 aromatic rings. The lowest BCUT2D eigenvalue weighted by atomic mass is 10.1. The van der Waals surface area contributed by atoms with Crippen LogP contribution in [0.4, 0.5) is 5.69 Å². The van der Waals surface area contributed by atoms with Gasteiger partial charge < -0.3 is 11.1 Å². The minimum Gasteiger partial charge on any atom is -0.369 e. The number of aryl methyl sites for hydroxylation is 1. The maximum Gasteiger partial charge on any atom is 0.256 e. The Balaban J connectivity index is 1.73. The lowest BCUT2D eigenvalue weighted by molar-refractivity contribution is -0.115. The monoisotopic (exact) mass is 415 g/mol. The molecule has 2 aromatic carbocycles. The first-order valence-corrected chi connectivity index (χ1v) is 11.4. The molecular weight excluding hydrogens is 390 g/mol. The average molecular weight is 416 g/mol. The van der Waals surface area contributed by atoms with E-state index in [4.69, 9.17) is 5.73 Å². The van der Waals surface area contributed by atoms with Crippen LogP contribution in [0.1, 0.15) is 21.5 Å². The number of nitrogens with two attached hydrogens (primary N) is 1. The summed E-state index contributed by atoms with van der Waals surface area (Å²) in [4.78, 5) is 27.2. The maximum absolute atomic E-state index is 12.9. The van der Waals surface area contributed by atoms with Crippen LogP contribution in [0.15, 0.2) is 47.4 Å². The molecule has 1 heterocycles. The van der Waals surface area contributed by atoms with Gasteiger partial charge in [0.2, 0.25) is 5.91 Å². The second kappa shape index (κ2) is 10.0. The molecular formula is C21H25N3O2S2. The third kappa shape index (κ3) is 5.77. The molecule has 0 saturated carbocycles. The van der Waals surface area contributed by atoms with Crippen LogP contribution in [0.2, 0.25) is 0 Å². The van der Waals surface area contributed by atoms with Crippen molar-refractivity contribution in [3.05, 3.63) is 59.2 Å². The predicted octanol–water partition coefficient (Wildman–Crippen LogP) is 3.37. The lowest BCUT2D eigenvalue weighted by Crippen LogP contribution is -2.32. The molecule has 0 spiro atoms. The van der Waals surface area contributed by atoms with Gasteiger partial charge in [0.25, 0.3) is 5.91 Å². The van der Waals surface area contributed by atoms with Crippen LogP contribution in [0.3, 0.4) is 0 Å². The molecule has 7 heteroatoms. The normalized spacial score (nSPS) is 14.6. The van der Waals surface area contributed by atoms with Crippen molar-refractivity contribution in [1.82, 2.24) is 4.90 Å². The van der Waals surface area contributed by atoms with Gasteiger partial charge in [0.05, 0.1) is 11.3 Å². The van der Waals surface area contributed by atoms with Gasteiger partial charge in [0.1, 0.15) is 0 Å². The summed E-state index contributed by atoms with van der Waals surface area (Å²) in [6.45, 7) is 5.09. The third-order valence-electron chi connectivity index (χ3n) is 4.56. The van der Waals surface area contributed by atoms with Crippen molar-refractivity contribution in [1.29, 1.82) is 0 Å². The Morgan fingerprint density at radius 2 is 1.93 bits per heavy atom. The smallest absolute Gasteiger partial charge is 0.256 e. The first-order chi connectivity index (χ1) is 13.5. The van der Waals surface area contributed by atoms with Gasteiger partial charge in [-0.1, -0.05) is 24.3 Å². The molecule has 28 heavy (non-hydrogen) atoms. The van der Waals surface area contributed by atoms with Crippen molar-refractivity contribution in [2.75, 3.05) is 35.7 Å². The fraction of sp³-hybridized carbons (Fsp3) is 0.333. The SMILES string of the molecule is Cc1ccc(CN2CCSCC2)cc1NC(=O)c1ccccc1SCC(N)=O. The molecule has 148 valence electrons. The number of primary amides is 1. The Labute approximate surface area is 174 Å². The van der Waals surface area contributed by atoms with Crippen LogP contribution in [-0.4, -0.2) is 47.1 Å². The molecule has 0 unspecified atom stereocenters. The van der Waals surface area contributed by atoms with E-state index >= 15 is 0 Å². The zero-order valence-electron chi connectivity index (χ0n) is 15.9. The molecule has 0 bridgehead atoms. The number of hydrogen-bond donors (Lipinski definition) is 2. The Morgan fingerprint density at radius 1 is 1.18 bits per heavy atom. The minimum absolute atomic E-state index is 0.146. The molecule has 3 rings (SSSR count). The van der Waals surface area contributed by atoms with Crippen LogP contribution >= 0.6 is 23.5 Å². The van der Waals surface area contributed by atoms with E-state index in [-0.39, 0.29) is 11.7 Å². The van der Waals surface area contributed by atoms with Gasteiger partial charge in [-0.05, 0) is 36.2 Å². The molecule has 1 fully saturated rings. The number of benzene rings is 2. The number of thioether (sulfide) groups is 2. The molecule has 0 atom stereocenters. The number of amides is 2. The van der Waals surface area contributed by atoms with Crippen molar-refractivity contribution in [2.24, 2.45) is 5.73 Å². The van der Waals surface area contributed by atoms with E-state index < -0.39 is 5.91 Å². The van der Waals surface area contributed by atoms with E-state index in [2.05, 4.69) is 28.4 Å². The first kappa shape index (κ1) is 20.8. The Hall–Kier alpha value is -1.96. The van der Waals surface area contributed by atoms with Crippen LogP contribution in [-0.2, 0) is 11.3 Å². The summed E-state index contributed by atoms with van der Waals surface area (Å²) in [7, 11) is 0. The van der Waals surface area contributed by atoms with Crippen molar-refractivity contribution < 1.29 is 9.59 Å². The maximum atomic E-state index is 12.9. The highest BCUT2D eigenvalue weighted by atomic mass is 32.2. The molecule has 1 aliphatic heterocycles. The number of hydrogen-bond acceptors (Lipinski definition) is 5. The topological polar surface area (TPSA) is 75.4 Å². The largest absolute Gasteiger partial charge is 0.369 e. The van der Waals surface area contributed by atoms with E-state index in [0.29, 0.717) is 5.56 Å². The molecule has 0 aromatic heterocycles. The van der Waals surface area contributed by atoms with E-state index in [1.165, 1.54) is 28.8 Å². The Morgan fingerprint density at radius 3 is 2.68 bits per heavy atom. The summed E-state index contributed by atoms with van der Waals surface area (Å²) in [5, 5.41) is 3.04. The van der Waals surface area contributed by atoms with E-state index in [1.54, 1.807) is 6.07 Å². The van der Waals surface area contributed by atoms with Crippen molar-refractivity contribution in [3.8, 4) is 0 Å². The summed E-state index contributed by atoms with van der Waals surface area (Å²) >= 11 is 3.28. The standard InChI is InChI=1S/C21H25N3O2S2/c1-15-6-7-16(13-24-8-10-27-11-9-24)12-18(15)23-21(26)17-4-2-3-5-19(17)28-14-20(22)25/h2-7,12H,8-11,13-14H2,1H3,(H2,22,25)(H,23,26). The Bertz CT molecular complexity index is 851. The number of carbonyl (C=O) groups excluding carboxylic acids is 2. The zero-order chi connectivity index (χ0) is 19.9. The summed E-state index contributed by atoms with van der Waals surface area (Å²) < 4.78 is 0. The number of rotatable bonds is 7. The molecule has 2 amide bonds. The number of nitrogens with one attached hydrogen (secondary N) is 1. The summed E-state index contributed by atoms with van der Waals surface area (Å²) in [5.41, 5.74) is 8.83. The minimum atomic E-state index is -0.403. The molecule has 1 saturated heterocycles. The highest BCUT2D eigenvalue weighted by molar-refractivity contribution is 8.00. The first-order valence-electron chi connectivity index (χ1n) is 9.24. The molecule has 5 nitrogen and oxygen atoms in total. The van der Waals surface area contributed by atoms with Crippen LogP contribution in [0.5, 0.6) is 0 Å². The average Bonchev–Trinajstić information content (AvgIpc) is 2.70. The quantitative estimate of drug-likeness (QED) is 0.678. The Kier molecular flexibility index (Phi) is 7.42. The van der Waals surface area contributed by atoms with Crippen molar-refractivity contribution in [2.45, 2.75) is 18.4 Å². The van der Waals surface area contributed by atoms with Gasteiger partial charge in [-0.3, -0.25) is 14.5 Å². The number of nitrogens with zero attached hydrogens (tertiary/aromatic N) is 1. The summed E-state index contributed by atoms with van der Waals surface area (Å²) in [6, 6.07) is 13.5. The van der Waals surface area contributed by atoms with Gasteiger partial charge in [-0.25, -0.2) is 0 Å². The van der Waals surface area contributed by atoms with Gasteiger partial charge in [-0.2, -0.15) is 11.8 Å². The number of carbonyl (C=O) groups is 2. The van der Waals surface area contributed by atoms with Gasteiger partial charge in [-0.15, -0.1) is 11.8 Å². The fourth-order valence-electron chi connectivity index (χ4n) is 3.04. The van der Waals surface area contributed by atoms with E-state index in [9.17, 15) is 9.59 Å². The third-order valence-corrected chi connectivity index (χ3v) is 6.60. The second-order valence-corrected chi connectivity index (χ2v) is 8.98. The van der Waals surface area contributed by atoms with Crippen LogP contribution in [0.25, 0.3) is 0 Å². The highest BCUT2D eigenvalue weighted by Crippen LogP contribution is 2.25. The van der Waals surface area contributed by atoms with Crippen molar-refractivity contribution >= 4 is 41.0 Å². The lowest BCUT2D eigenvalue weighted by Gasteiger charge is -2.26. The van der Waals surface area contributed by atoms with Gasteiger partial charge in [0, 0.05) is 41.7 Å². The number of anilines is 1. The van der Waals surface area contributed by atoms with E-state index in [1.807, 2.05) is 36.9 Å². The van der Waals surface area contributed by atoms with Gasteiger partial charge in [0.15, 0.2) is 0 Å². The summed E-state index contributed by atoms with van der Waals surface area (Å²) in [5.74, 6) is 1.92. The van der Waals surface area contributed by atoms with Gasteiger partial charge >= 0.3 is 0 Å². The van der Waals surface area contributed by atoms with Crippen LogP contribution < -0.4 is 11.1 Å². The second-order valence-electron chi connectivity index (χ2n) is 6.74. The predicted molar refractivity (Wildman–Crippen MR) is 118 cm³/mol. The summed E-state index contributed by atoms with van der Waals surface area (Å²) in [6.07, 6.45) is 0. The molecule has 0 radical (unpaired) electrons. The highest BCUT2D eigenvalue weighted by Gasteiger charge is 2.15. The van der Waals surface area contributed by atoms with E-state index in [0.717, 1.165) is 35.8 Å². The molecule has 1 aliphatic rings. The molecule has 3 N–H and O–H groups in total. The molecule has 0 aliphatic carbocycles. The van der Waals surface area contributed by atoms with Crippen molar-refractivity contribution in [3.63, 3.8) is 0 Å². The zero-order valence-corrected chi connectivity index (χ0v) is 17.6. The fourth-order valence-corrected chi connectivity index (χ4v) is 4.81. The van der Waals surface area contributed by atoms with Crippen LogP contribution in [0, 0.1) is 6.92 Å².